The van der Waals surface area contributed by atoms with E-state index < -0.39 is 5.60 Å². The minimum Gasteiger partial charge on any atom is -0.456 e. The molecule has 92 valence electrons. The van der Waals surface area contributed by atoms with Crippen LogP contribution in [0.15, 0.2) is 18.2 Å². The standard InChI is InChI=1S/C14H19NO2/c1-14(2,3)17-13(16)11-6-4-5-10-7-8-15-9-12(10)11/h4-6,15H,7-9H2,1-3H3. The Hall–Kier alpha value is -1.35. The molecule has 0 aromatic heterocycles. The van der Waals surface area contributed by atoms with Crippen LogP contribution < -0.4 is 5.32 Å². The number of benzene rings is 1. The summed E-state index contributed by atoms with van der Waals surface area (Å²) >= 11 is 0. The second-order valence-electron chi connectivity index (χ2n) is 5.37. The maximum Gasteiger partial charge on any atom is 0.338 e. The van der Waals surface area contributed by atoms with E-state index in [0.717, 1.165) is 25.1 Å². The number of hydrogen-bond donors (Lipinski definition) is 1. The highest BCUT2D eigenvalue weighted by Gasteiger charge is 2.22. The molecule has 1 heterocycles. The van der Waals surface area contributed by atoms with Crippen molar-refractivity contribution in [3.8, 4) is 0 Å². The van der Waals surface area contributed by atoms with E-state index in [0.29, 0.717) is 5.56 Å². The third kappa shape index (κ3) is 2.86. The number of nitrogens with one attached hydrogen (secondary N) is 1. The highest BCUT2D eigenvalue weighted by atomic mass is 16.6. The summed E-state index contributed by atoms with van der Waals surface area (Å²) in [5.41, 5.74) is 2.60. The second-order valence-corrected chi connectivity index (χ2v) is 5.37. The van der Waals surface area contributed by atoms with Crippen LogP contribution in [0.3, 0.4) is 0 Å². The molecule has 2 rings (SSSR count). The first-order chi connectivity index (χ1) is 7.97. The third-order valence-electron chi connectivity index (χ3n) is 2.76. The van der Waals surface area contributed by atoms with E-state index in [2.05, 4.69) is 11.4 Å². The fraction of sp³-hybridized carbons (Fsp3) is 0.500. The SMILES string of the molecule is CC(C)(C)OC(=O)c1cccc2c1CNCC2. The normalized spacial score (nSPS) is 15.2. The lowest BCUT2D eigenvalue weighted by atomic mass is 9.96. The van der Waals surface area contributed by atoms with Gasteiger partial charge in [0, 0.05) is 6.54 Å². The topological polar surface area (TPSA) is 38.3 Å². The molecule has 17 heavy (non-hydrogen) atoms. The molecular formula is C14H19NO2. The number of carbonyl (C=O) groups excluding carboxylic acids is 1. The van der Waals surface area contributed by atoms with Gasteiger partial charge in [-0.3, -0.25) is 0 Å². The van der Waals surface area contributed by atoms with E-state index in [4.69, 9.17) is 4.74 Å². The minimum atomic E-state index is -0.443. The molecule has 0 saturated heterocycles. The number of carbonyl (C=O) groups is 1. The Balaban J connectivity index is 2.29. The summed E-state index contributed by atoms with van der Waals surface area (Å²) in [5, 5.41) is 3.29. The predicted molar refractivity (Wildman–Crippen MR) is 67.0 cm³/mol. The molecule has 3 heteroatoms. The van der Waals surface area contributed by atoms with E-state index >= 15 is 0 Å². The van der Waals surface area contributed by atoms with Crippen molar-refractivity contribution in [2.75, 3.05) is 6.54 Å². The highest BCUT2D eigenvalue weighted by molar-refractivity contribution is 5.91. The first kappa shape index (κ1) is 12.1. The summed E-state index contributed by atoms with van der Waals surface area (Å²) in [7, 11) is 0. The lowest BCUT2D eigenvalue weighted by Crippen LogP contribution is -2.28. The molecule has 0 amide bonds. The van der Waals surface area contributed by atoms with Crippen molar-refractivity contribution in [1.29, 1.82) is 0 Å². The molecule has 0 bridgehead atoms. The van der Waals surface area contributed by atoms with E-state index in [1.807, 2.05) is 32.9 Å². The van der Waals surface area contributed by atoms with Gasteiger partial charge in [0.2, 0.25) is 0 Å². The van der Waals surface area contributed by atoms with E-state index in [1.165, 1.54) is 5.56 Å². The molecule has 1 aromatic rings. The van der Waals surface area contributed by atoms with Gasteiger partial charge < -0.3 is 10.1 Å². The molecule has 3 nitrogen and oxygen atoms in total. The van der Waals surface area contributed by atoms with Crippen molar-refractivity contribution >= 4 is 5.97 Å². The van der Waals surface area contributed by atoms with Crippen molar-refractivity contribution in [3.05, 3.63) is 34.9 Å². The molecule has 0 unspecified atom stereocenters. The van der Waals surface area contributed by atoms with E-state index in [9.17, 15) is 4.79 Å². The Morgan fingerprint density at radius 2 is 2.12 bits per heavy atom. The van der Waals surface area contributed by atoms with Gasteiger partial charge in [-0.1, -0.05) is 12.1 Å². The fourth-order valence-corrected chi connectivity index (χ4v) is 2.04. The van der Waals surface area contributed by atoms with Crippen molar-refractivity contribution in [1.82, 2.24) is 5.32 Å². The number of esters is 1. The molecule has 0 fully saturated rings. The van der Waals surface area contributed by atoms with Crippen LogP contribution in [0.25, 0.3) is 0 Å². The summed E-state index contributed by atoms with van der Waals surface area (Å²) < 4.78 is 5.42. The lowest BCUT2D eigenvalue weighted by Gasteiger charge is -2.23. The molecule has 0 aliphatic carbocycles. The number of ether oxygens (including phenoxy) is 1. The fourth-order valence-electron chi connectivity index (χ4n) is 2.04. The van der Waals surface area contributed by atoms with E-state index in [-0.39, 0.29) is 5.97 Å². The number of fused-ring (bicyclic) bond motifs is 1. The minimum absolute atomic E-state index is 0.224. The van der Waals surface area contributed by atoms with Crippen LogP contribution in [0.4, 0.5) is 0 Å². The zero-order chi connectivity index (χ0) is 12.5. The molecule has 1 aliphatic heterocycles. The Bertz CT molecular complexity index is 432. The summed E-state index contributed by atoms with van der Waals surface area (Å²) in [4.78, 5) is 12.1. The first-order valence-electron chi connectivity index (χ1n) is 6.02. The molecule has 0 radical (unpaired) electrons. The van der Waals surface area contributed by atoms with Gasteiger partial charge in [-0.25, -0.2) is 4.79 Å². The third-order valence-corrected chi connectivity index (χ3v) is 2.76. The molecule has 1 aliphatic rings. The lowest BCUT2D eigenvalue weighted by molar-refractivity contribution is 0.00679. The summed E-state index contributed by atoms with van der Waals surface area (Å²) in [5.74, 6) is -0.224. The number of hydrogen-bond acceptors (Lipinski definition) is 3. The van der Waals surface area contributed by atoms with Crippen LogP contribution >= 0.6 is 0 Å². The Morgan fingerprint density at radius 1 is 1.35 bits per heavy atom. The van der Waals surface area contributed by atoms with Crippen LogP contribution in [0.5, 0.6) is 0 Å². The van der Waals surface area contributed by atoms with Gasteiger partial charge in [-0.2, -0.15) is 0 Å². The highest BCUT2D eigenvalue weighted by Crippen LogP contribution is 2.21. The smallest absolute Gasteiger partial charge is 0.338 e. The Kier molecular flexibility index (Phi) is 3.20. The first-order valence-corrected chi connectivity index (χ1v) is 6.02. The zero-order valence-electron chi connectivity index (χ0n) is 10.7. The zero-order valence-corrected chi connectivity index (χ0v) is 10.7. The van der Waals surface area contributed by atoms with Crippen molar-refractivity contribution in [3.63, 3.8) is 0 Å². The van der Waals surface area contributed by atoms with Gasteiger partial charge in [-0.05, 0) is 50.9 Å². The van der Waals surface area contributed by atoms with E-state index in [1.54, 1.807) is 0 Å². The molecule has 0 spiro atoms. The maximum absolute atomic E-state index is 12.1. The van der Waals surface area contributed by atoms with Gasteiger partial charge in [0.05, 0.1) is 5.56 Å². The average molecular weight is 233 g/mol. The largest absolute Gasteiger partial charge is 0.456 e. The molecule has 0 saturated carbocycles. The average Bonchev–Trinajstić information content (AvgIpc) is 2.26. The molecule has 0 atom stereocenters. The summed E-state index contributed by atoms with van der Waals surface area (Å²) in [6.45, 7) is 7.39. The van der Waals surface area contributed by atoms with Crippen molar-refractivity contribution < 1.29 is 9.53 Å². The van der Waals surface area contributed by atoms with Gasteiger partial charge in [0.15, 0.2) is 0 Å². The summed E-state index contributed by atoms with van der Waals surface area (Å²) in [6.07, 6.45) is 0.978. The van der Waals surface area contributed by atoms with Crippen LogP contribution in [0.2, 0.25) is 0 Å². The van der Waals surface area contributed by atoms with Crippen LogP contribution in [0, 0.1) is 0 Å². The molecule has 1 aromatic carbocycles. The van der Waals surface area contributed by atoms with Gasteiger partial charge in [0.1, 0.15) is 5.60 Å². The van der Waals surface area contributed by atoms with Crippen LogP contribution in [0.1, 0.15) is 42.3 Å². The van der Waals surface area contributed by atoms with Crippen LogP contribution in [-0.4, -0.2) is 18.1 Å². The van der Waals surface area contributed by atoms with Gasteiger partial charge >= 0.3 is 5.97 Å². The molecular weight excluding hydrogens is 214 g/mol. The predicted octanol–water partition coefficient (Wildman–Crippen LogP) is 2.29. The van der Waals surface area contributed by atoms with Gasteiger partial charge in [-0.15, -0.1) is 0 Å². The maximum atomic E-state index is 12.1. The van der Waals surface area contributed by atoms with Crippen LogP contribution in [-0.2, 0) is 17.7 Å². The Morgan fingerprint density at radius 3 is 2.82 bits per heavy atom. The Labute approximate surface area is 102 Å². The number of rotatable bonds is 1. The second kappa shape index (κ2) is 4.49. The quantitative estimate of drug-likeness (QED) is 0.756. The monoisotopic (exact) mass is 233 g/mol. The molecule has 1 N–H and O–H groups in total. The van der Waals surface area contributed by atoms with Crippen molar-refractivity contribution in [2.45, 2.75) is 39.3 Å². The summed E-state index contributed by atoms with van der Waals surface area (Å²) in [6, 6.07) is 5.87. The van der Waals surface area contributed by atoms with Crippen molar-refractivity contribution in [2.24, 2.45) is 0 Å². The van der Waals surface area contributed by atoms with Gasteiger partial charge in [0.25, 0.3) is 0 Å².